The summed E-state index contributed by atoms with van der Waals surface area (Å²) < 4.78 is 0. The highest BCUT2D eigenvalue weighted by Gasteiger charge is 2.45. The molecule has 0 atom stereocenters. The number of nitro groups is 1. The molecule has 0 saturated heterocycles. The van der Waals surface area contributed by atoms with E-state index in [-0.39, 0.29) is 10.6 Å². The molecule has 1 aliphatic carbocycles. The summed E-state index contributed by atoms with van der Waals surface area (Å²) >= 11 is 0. The van der Waals surface area contributed by atoms with E-state index in [4.69, 9.17) is 0 Å². The summed E-state index contributed by atoms with van der Waals surface area (Å²) in [6, 6.07) is 7.65. The second-order valence-electron chi connectivity index (χ2n) is 7.35. The van der Waals surface area contributed by atoms with Crippen LogP contribution in [0.4, 0.5) is 11.4 Å². The summed E-state index contributed by atoms with van der Waals surface area (Å²) in [6.07, 6.45) is 1.59. The van der Waals surface area contributed by atoms with Gasteiger partial charge in [0, 0.05) is 19.2 Å². The largest absolute Gasteiger partial charge is 0.365 e. The van der Waals surface area contributed by atoms with Gasteiger partial charge in [-0.05, 0) is 36.3 Å². The SMILES string of the molecule is CC(C)CN(CC(C)C)c1ccc(C2(C#N)CC2)cc1[N+](=O)[O-]. The summed E-state index contributed by atoms with van der Waals surface area (Å²) in [4.78, 5) is 13.4. The predicted octanol–water partition coefficient (Wildman–Crippen LogP) is 4.27. The third-order valence-electron chi connectivity index (χ3n) is 4.20. The number of benzene rings is 1. The average Bonchev–Trinajstić information content (AvgIpc) is 3.26. The van der Waals surface area contributed by atoms with Gasteiger partial charge in [0.1, 0.15) is 5.69 Å². The Hall–Kier alpha value is -2.09. The van der Waals surface area contributed by atoms with Crippen LogP contribution in [0.1, 0.15) is 46.1 Å². The third-order valence-corrected chi connectivity index (χ3v) is 4.20. The van der Waals surface area contributed by atoms with Crippen molar-refractivity contribution in [2.24, 2.45) is 11.8 Å². The molecule has 1 saturated carbocycles. The molecule has 0 aliphatic heterocycles. The van der Waals surface area contributed by atoms with E-state index in [1.54, 1.807) is 6.07 Å². The number of nitro benzene ring substituents is 1. The highest BCUT2D eigenvalue weighted by atomic mass is 16.6. The van der Waals surface area contributed by atoms with Crippen LogP contribution in [0.5, 0.6) is 0 Å². The van der Waals surface area contributed by atoms with E-state index >= 15 is 0 Å². The van der Waals surface area contributed by atoms with Crippen LogP contribution in [0.15, 0.2) is 18.2 Å². The molecule has 2 rings (SSSR count). The predicted molar refractivity (Wildman–Crippen MR) is 91.5 cm³/mol. The van der Waals surface area contributed by atoms with Gasteiger partial charge in [-0.3, -0.25) is 10.1 Å². The van der Waals surface area contributed by atoms with Crippen LogP contribution in [0.2, 0.25) is 0 Å². The van der Waals surface area contributed by atoms with Gasteiger partial charge in [0.25, 0.3) is 5.69 Å². The first-order valence-corrected chi connectivity index (χ1v) is 8.24. The summed E-state index contributed by atoms with van der Waals surface area (Å²) in [6.45, 7) is 10.0. The van der Waals surface area contributed by atoms with E-state index in [0.717, 1.165) is 31.5 Å². The monoisotopic (exact) mass is 315 g/mol. The molecule has 124 valence electrons. The molecule has 0 radical (unpaired) electrons. The normalized spacial score (nSPS) is 15.5. The lowest BCUT2D eigenvalue weighted by atomic mass is 9.96. The van der Waals surface area contributed by atoms with Crippen LogP contribution in [-0.4, -0.2) is 18.0 Å². The first kappa shape index (κ1) is 17.3. The Morgan fingerprint density at radius 1 is 1.26 bits per heavy atom. The molecule has 0 aromatic heterocycles. The maximum absolute atomic E-state index is 11.6. The second kappa shape index (κ2) is 6.57. The van der Waals surface area contributed by atoms with Gasteiger partial charge < -0.3 is 4.90 Å². The van der Waals surface area contributed by atoms with Crippen molar-refractivity contribution in [3.8, 4) is 6.07 Å². The van der Waals surface area contributed by atoms with Crippen molar-refractivity contribution >= 4 is 11.4 Å². The molecule has 1 fully saturated rings. The number of nitrogens with zero attached hydrogens (tertiary/aromatic N) is 3. The van der Waals surface area contributed by atoms with E-state index in [2.05, 4.69) is 38.7 Å². The fourth-order valence-corrected chi connectivity index (χ4v) is 2.98. The van der Waals surface area contributed by atoms with Gasteiger partial charge in [0.15, 0.2) is 0 Å². The van der Waals surface area contributed by atoms with Crippen molar-refractivity contribution in [3.63, 3.8) is 0 Å². The first-order valence-electron chi connectivity index (χ1n) is 8.24. The Morgan fingerprint density at radius 2 is 1.83 bits per heavy atom. The molecule has 0 heterocycles. The van der Waals surface area contributed by atoms with Gasteiger partial charge in [-0.15, -0.1) is 0 Å². The van der Waals surface area contributed by atoms with Crippen molar-refractivity contribution in [1.29, 1.82) is 5.26 Å². The summed E-state index contributed by atoms with van der Waals surface area (Å²) in [5.41, 5.74) is 1.06. The van der Waals surface area contributed by atoms with Gasteiger partial charge in [-0.1, -0.05) is 33.8 Å². The molecule has 1 aliphatic rings. The Balaban J connectivity index is 2.43. The summed E-state index contributed by atoms with van der Waals surface area (Å²) in [5.74, 6) is 0.837. The standard InChI is InChI=1S/C18H25N3O2/c1-13(2)10-20(11-14(3)4)16-6-5-15(9-17(16)21(22)23)18(12-19)7-8-18/h5-6,9,13-14H,7-8,10-11H2,1-4H3. The maximum atomic E-state index is 11.6. The zero-order valence-corrected chi connectivity index (χ0v) is 14.4. The molecule has 0 amide bonds. The van der Waals surface area contributed by atoms with Crippen molar-refractivity contribution in [2.75, 3.05) is 18.0 Å². The van der Waals surface area contributed by atoms with Crippen LogP contribution in [-0.2, 0) is 5.41 Å². The first-order chi connectivity index (χ1) is 10.8. The highest BCUT2D eigenvalue weighted by molar-refractivity contribution is 5.66. The topological polar surface area (TPSA) is 70.2 Å². The Labute approximate surface area is 138 Å². The lowest BCUT2D eigenvalue weighted by Gasteiger charge is -2.28. The van der Waals surface area contributed by atoms with E-state index in [0.29, 0.717) is 17.5 Å². The van der Waals surface area contributed by atoms with Gasteiger partial charge in [0.2, 0.25) is 0 Å². The molecule has 0 N–H and O–H groups in total. The molecule has 0 bridgehead atoms. The molecule has 1 aromatic carbocycles. The van der Waals surface area contributed by atoms with E-state index in [1.165, 1.54) is 0 Å². The number of anilines is 1. The number of hydrogen-bond donors (Lipinski definition) is 0. The van der Waals surface area contributed by atoms with Crippen LogP contribution in [0.3, 0.4) is 0 Å². The average molecular weight is 315 g/mol. The lowest BCUT2D eigenvalue weighted by Crippen LogP contribution is -2.31. The number of rotatable bonds is 7. The van der Waals surface area contributed by atoms with Crippen molar-refractivity contribution in [3.05, 3.63) is 33.9 Å². The molecule has 1 aromatic rings. The van der Waals surface area contributed by atoms with E-state index < -0.39 is 5.41 Å². The minimum absolute atomic E-state index is 0.116. The van der Waals surface area contributed by atoms with Crippen molar-refractivity contribution < 1.29 is 4.92 Å². The fourth-order valence-electron chi connectivity index (χ4n) is 2.98. The highest BCUT2D eigenvalue weighted by Crippen LogP contribution is 2.49. The molecular formula is C18H25N3O2. The van der Waals surface area contributed by atoms with E-state index in [9.17, 15) is 15.4 Å². The van der Waals surface area contributed by atoms with Gasteiger partial charge >= 0.3 is 0 Å². The summed E-state index contributed by atoms with van der Waals surface area (Å²) in [5, 5.41) is 20.9. The van der Waals surface area contributed by atoms with Gasteiger partial charge in [-0.2, -0.15) is 5.26 Å². The molecule has 5 nitrogen and oxygen atoms in total. The molecule has 0 unspecified atom stereocenters. The fraction of sp³-hybridized carbons (Fsp3) is 0.611. The quantitative estimate of drug-likeness (QED) is 0.556. The Bertz CT molecular complexity index is 618. The zero-order valence-electron chi connectivity index (χ0n) is 14.4. The van der Waals surface area contributed by atoms with Crippen LogP contribution in [0, 0.1) is 33.3 Å². The van der Waals surface area contributed by atoms with Crippen molar-refractivity contribution in [1.82, 2.24) is 0 Å². The lowest BCUT2D eigenvalue weighted by molar-refractivity contribution is -0.384. The van der Waals surface area contributed by atoms with Gasteiger partial charge in [-0.25, -0.2) is 0 Å². The third kappa shape index (κ3) is 3.82. The molecule has 0 spiro atoms. The minimum atomic E-state index is -0.496. The number of hydrogen-bond acceptors (Lipinski definition) is 4. The Kier molecular flexibility index (Phi) is 4.93. The van der Waals surface area contributed by atoms with E-state index in [1.807, 2.05) is 12.1 Å². The Morgan fingerprint density at radius 3 is 2.22 bits per heavy atom. The summed E-state index contributed by atoms with van der Waals surface area (Å²) in [7, 11) is 0. The van der Waals surface area contributed by atoms with Crippen LogP contribution < -0.4 is 4.90 Å². The van der Waals surface area contributed by atoms with Crippen LogP contribution in [0.25, 0.3) is 0 Å². The number of nitriles is 1. The van der Waals surface area contributed by atoms with Gasteiger partial charge in [0.05, 0.1) is 16.4 Å². The molecule has 23 heavy (non-hydrogen) atoms. The van der Waals surface area contributed by atoms with Crippen LogP contribution >= 0.6 is 0 Å². The second-order valence-corrected chi connectivity index (χ2v) is 7.35. The molecular weight excluding hydrogens is 290 g/mol. The van der Waals surface area contributed by atoms with Crippen molar-refractivity contribution in [2.45, 2.75) is 46.0 Å². The zero-order chi connectivity index (χ0) is 17.2. The smallest absolute Gasteiger partial charge is 0.292 e. The molecule has 5 heteroatoms. The maximum Gasteiger partial charge on any atom is 0.292 e. The minimum Gasteiger partial charge on any atom is -0.365 e.